The van der Waals surface area contributed by atoms with E-state index >= 15 is 0 Å². The molecule has 13 heavy (non-hydrogen) atoms. The molecule has 0 saturated heterocycles. The summed E-state index contributed by atoms with van der Waals surface area (Å²) in [6, 6.07) is 5.17. The molecule has 0 aliphatic rings. The summed E-state index contributed by atoms with van der Waals surface area (Å²) in [6.45, 7) is 1.78. The van der Waals surface area contributed by atoms with E-state index in [4.69, 9.17) is 4.52 Å². The fourth-order valence-electron chi connectivity index (χ4n) is 1.25. The van der Waals surface area contributed by atoms with E-state index in [2.05, 4.69) is 0 Å². The first-order valence-corrected chi connectivity index (χ1v) is 3.81. The van der Waals surface area contributed by atoms with Crippen LogP contribution in [0.3, 0.4) is 0 Å². The number of hydrogen-bond acceptors (Lipinski definition) is 3. The molecule has 0 unspecified atom stereocenters. The predicted molar refractivity (Wildman–Crippen MR) is 46.2 cm³/mol. The number of para-hydroxylation sites is 1. The van der Waals surface area contributed by atoms with Crippen molar-refractivity contribution < 1.29 is 9.43 Å². The van der Waals surface area contributed by atoms with Gasteiger partial charge in [-0.25, -0.2) is 0 Å². The maximum Gasteiger partial charge on any atom is 0.281 e. The quantitative estimate of drug-likeness (QED) is 0.557. The molecule has 2 aromatic rings. The number of aromatic nitrogens is 1. The van der Waals surface area contributed by atoms with Crippen molar-refractivity contribution in [3.8, 4) is 0 Å². The third-order valence-electron chi connectivity index (χ3n) is 1.88. The first-order valence-electron chi connectivity index (χ1n) is 3.81. The van der Waals surface area contributed by atoms with Crippen LogP contribution in [0.5, 0.6) is 0 Å². The summed E-state index contributed by atoms with van der Waals surface area (Å²) < 4.78 is 4.83. The van der Waals surface area contributed by atoms with Gasteiger partial charge in [0.15, 0.2) is 0 Å². The summed E-state index contributed by atoms with van der Waals surface area (Å²) in [5.74, 6) is 0. The Labute approximate surface area is 73.6 Å². The Kier molecular flexibility index (Phi) is 1.55. The largest absolute Gasteiger partial charge is 0.366 e. The van der Waals surface area contributed by atoms with E-state index in [0.29, 0.717) is 11.0 Å². The fraction of sp³-hybridized carbons (Fsp3) is 0.111. The van der Waals surface area contributed by atoms with Gasteiger partial charge in [-0.05, 0) is 18.6 Å². The molecule has 0 saturated carbocycles. The highest BCUT2D eigenvalue weighted by atomic mass is 16.7. The molecular formula is C9H7NO3. The van der Waals surface area contributed by atoms with Crippen LogP contribution in [0.1, 0.15) is 5.56 Å². The van der Waals surface area contributed by atoms with Crippen LogP contribution in [0.2, 0.25) is 0 Å². The number of fused-ring (bicyclic) bond motifs is 1. The van der Waals surface area contributed by atoms with Gasteiger partial charge in [-0.2, -0.15) is 0 Å². The van der Waals surface area contributed by atoms with Crippen molar-refractivity contribution in [1.82, 2.24) is 0 Å². The van der Waals surface area contributed by atoms with Crippen LogP contribution in [-0.4, -0.2) is 0 Å². The molecule has 1 heterocycles. The van der Waals surface area contributed by atoms with Gasteiger partial charge in [-0.1, -0.05) is 12.1 Å². The zero-order valence-corrected chi connectivity index (χ0v) is 6.98. The van der Waals surface area contributed by atoms with E-state index in [0.717, 1.165) is 11.8 Å². The lowest BCUT2D eigenvalue weighted by Gasteiger charge is -2.00. The zero-order chi connectivity index (χ0) is 9.42. The van der Waals surface area contributed by atoms with Crippen molar-refractivity contribution in [3.05, 3.63) is 45.4 Å². The third-order valence-corrected chi connectivity index (χ3v) is 1.88. The average molecular weight is 177 g/mol. The van der Waals surface area contributed by atoms with E-state index in [1.807, 2.05) is 0 Å². The van der Waals surface area contributed by atoms with Crippen molar-refractivity contribution in [1.29, 1.82) is 0 Å². The van der Waals surface area contributed by atoms with E-state index < -0.39 is 0 Å². The van der Waals surface area contributed by atoms with E-state index in [-0.39, 0.29) is 10.3 Å². The number of rotatable bonds is 0. The summed E-state index contributed by atoms with van der Waals surface area (Å²) >= 11 is 0. The highest BCUT2D eigenvalue weighted by Crippen LogP contribution is 2.11. The first kappa shape index (κ1) is 7.79. The molecule has 0 aliphatic heterocycles. The molecule has 0 N–H and O–H groups in total. The van der Waals surface area contributed by atoms with Gasteiger partial charge < -0.3 is 4.52 Å². The van der Waals surface area contributed by atoms with E-state index in [9.17, 15) is 10.0 Å². The Morgan fingerprint density at radius 3 is 3.00 bits per heavy atom. The summed E-state index contributed by atoms with van der Waals surface area (Å²) in [7, 11) is 0. The van der Waals surface area contributed by atoms with Gasteiger partial charge in [0, 0.05) is 10.3 Å². The highest BCUT2D eigenvalue weighted by molar-refractivity contribution is 5.78. The van der Waals surface area contributed by atoms with E-state index in [1.165, 1.54) is 0 Å². The molecule has 1 aromatic carbocycles. The number of nitrogens with zero attached hydrogens (tertiary/aromatic N) is 1. The van der Waals surface area contributed by atoms with Crippen molar-refractivity contribution >= 4 is 11.0 Å². The second kappa shape index (κ2) is 2.58. The number of hydrogen-bond donors (Lipinski definition) is 0. The Morgan fingerprint density at radius 2 is 2.23 bits per heavy atom. The van der Waals surface area contributed by atoms with Crippen molar-refractivity contribution in [2.45, 2.75) is 6.92 Å². The smallest absolute Gasteiger partial charge is 0.281 e. The standard InChI is InChI=1S/C9H7NO3/c1-6-3-2-4-7-8(11)5-10(12)13-9(6)7/h2-5H,1H3. The van der Waals surface area contributed by atoms with Gasteiger partial charge >= 0.3 is 0 Å². The highest BCUT2D eigenvalue weighted by Gasteiger charge is 2.04. The van der Waals surface area contributed by atoms with Gasteiger partial charge in [-0.3, -0.25) is 10.0 Å². The van der Waals surface area contributed by atoms with Crippen LogP contribution in [0.15, 0.2) is 33.7 Å². The summed E-state index contributed by atoms with van der Waals surface area (Å²) in [5.41, 5.74) is 0.810. The molecule has 0 fully saturated rings. The normalized spacial score (nSPS) is 10.5. The van der Waals surface area contributed by atoms with Crippen LogP contribution in [-0.2, 0) is 0 Å². The minimum absolute atomic E-state index is 0.178. The molecular weight excluding hydrogens is 170 g/mol. The molecule has 0 atom stereocenters. The van der Waals surface area contributed by atoms with Gasteiger partial charge in [0.05, 0.1) is 5.58 Å². The minimum Gasteiger partial charge on any atom is -0.366 e. The molecule has 2 rings (SSSR count). The molecule has 1 aromatic heterocycles. The lowest BCUT2D eigenvalue weighted by Crippen LogP contribution is -2.29. The van der Waals surface area contributed by atoms with Gasteiger partial charge in [-0.15, -0.1) is 0 Å². The fourth-order valence-corrected chi connectivity index (χ4v) is 1.25. The number of benzene rings is 1. The van der Waals surface area contributed by atoms with Crippen molar-refractivity contribution in [2.24, 2.45) is 0 Å². The number of aryl methyl sites for hydroxylation is 1. The molecule has 4 heteroatoms. The molecule has 4 nitrogen and oxygen atoms in total. The molecule has 0 spiro atoms. The SMILES string of the molecule is Cc1cccc2c(=O)c[n+]([O-])oc12. The summed E-state index contributed by atoms with van der Waals surface area (Å²) in [5, 5.41) is 11.2. The average Bonchev–Trinajstić information content (AvgIpc) is 2.07. The van der Waals surface area contributed by atoms with Crippen LogP contribution in [0.4, 0.5) is 0 Å². The van der Waals surface area contributed by atoms with Crippen molar-refractivity contribution in [3.63, 3.8) is 0 Å². The maximum atomic E-state index is 11.3. The third kappa shape index (κ3) is 1.16. The summed E-state index contributed by atoms with van der Waals surface area (Å²) in [4.78, 5) is 11.4. The van der Waals surface area contributed by atoms with Gasteiger partial charge in [0.2, 0.25) is 0 Å². The Morgan fingerprint density at radius 1 is 1.46 bits per heavy atom. The molecule has 0 radical (unpaired) electrons. The lowest BCUT2D eigenvalue weighted by atomic mass is 10.1. The first-order chi connectivity index (χ1) is 6.18. The Balaban J connectivity index is 3.03. The zero-order valence-electron chi connectivity index (χ0n) is 6.98. The Bertz CT molecular complexity index is 516. The molecule has 66 valence electrons. The van der Waals surface area contributed by atoms with Gasteiger partial charge in [0.1, 0.15) is 0 Å². The van der Waals surface area contributed by atoms with Crippen molar-refractivity contribution in [2.75, 3.05) is 0 Å². The molecule has 0 aliphatic carbocycles. The predicted octanol–water partition coefficient (Wildman–Crippen LogP) is 0.735. The molecule has 0 amide bonds. The van der Waals surface area contributed by atoms with Crippen LogP contribution in [0.25, 0.3) is 11.0 Å². The van der Waals surface area contributed by atoms with Crippen LogP contribution < -0.4 is 10.3 Å². The molecule has 0 bridgehead atoms. The Hall–Kier alpha value is -1.84. The lowest BCUT2D eigenvalue weighted by molar-refractivity contribution is -0.793. The van der Waals surface area contributed by atoms with Crippen LogP contribution >= 0.6 is 0 Å². The summed E-state index contributed by atoms with van der Waals surface area (Å²) in [6.07, 6.45) is 0.877. The maximum absolute atomic E-state index is 11.3. The van der Waals surface area contributed by atoms with Crippen LogP contribution in [0, 0.1) is 12.1 Å². The minimum atomic E-state index is -0.319. The van der Waals surface area contributed by atoms with E-state index in [1.54, 1.807) is 25.1 Å². The topological polar surface area (TPSA) is 57.1 Å². The monoisotopic (exact) mass is 177 g/mol. The second-order valence-corrected chi connectivity index (χ2v) is 2.82. The second-order valence-electron chi connectivity index (χ2n) is 2.82. The van der Waals surface area contributed by atoms with Gasteiger partial charge in [0.25, 0.3) is 11.6 Å².